The van der Waals surface area contributed by atoms with Crippen molar-refractivity contribution in [3.8, 4) is 0 Å². The van der Waals surface area contributed by atoms with E-state index in [1.807, 2.05) is 31.2 Å². The van der Waals surface area contributed by atoms with Gasteiger partial charge in [0.25, 0.3) is 0 Å². The maximum atomic E-state index is 12.4. The molecule has 1 aromatic carbocycles. The van der Waals surface area contributed by atoms with Crippen molar-refractivity contribution >= 4 is 29.4 Å². The molecule has 0 radical (unpaired) electrons. The molecule has 1 aromatic rings. The molecule has 1 aliphatic heterocycles. The molecular weight excluding hydrogens is 300 g/mol. The largest absolute Gasteiger partial charge is 0.481 e. The van der Waals surface area contributed by atoms with Gasteiger partial charge in [0.1, 0.15) is 0 Å². The van der Waals surface area contributed by atoms with Gasteiger partial charge in [-0.25, -0.2) is 4.79 Å². The van der Waals surface area contributed by atoms with Gasteiger partial charge >= 0.3 is 12.0 Å². The number of carboxylic acids is 1. The Labute approximate surface area is 135 Å². The Balaban J connectivity index is 2.01. The molecule has 0 bridgehead atoms. The van der Waals surface area contributed by atoms with E-state index in [-0.39, 0.29) is 18.5 Å². The third-order valence-electron chi connectivity index (χ3n) is 3.69. The lowest BCUT2D eigenvalue weighted by molar-refractivity contribution is -0.143. The molecule has 6 heteroatoms. The van der Waals surface area contributed by atoms with Crippen LogP contribution in [0.3, 0.4) is 0 Å². The molecule has 1 saturated heterocycles. The summed E-state index contributed by atoms with van der Waals surface area (Å²) < 4.78 is 0. The molecule has 1 fully saturated rings. The first-order chi connectivity index (χ1) is 10.5. The maximum Gasteiger partial charge on any atom is 0.321 e. The predicted molar refractivity (Wildman–Crippen MR) is 88.3 cm³/mol. The molecule has 2 rings (SSSR count). The Hall–Kier alpha value is -1.69. The van der Waals surface area contributed by atoms with Crippen molar-refractivity contribution in [3.05, 3.63) is 24.3 Å². The summed E-state index contributed by atoms with van der Waals surface area (Å²) in [4.78, 5) is 26.3. The smallest absolute Gasteiger partial charge is 0.321 e. The highest BCUT2D eigenvalue weighted by Crippen LogP contribution is 2.24. The fourth-order valence-electron chi connectivity index (χ4n) is 2.73. The molecule has 2 N–H and O–H groups in total. The normalized spacial score (nSPS) is 21.5. The van der Waals surface area contributed by atoms with E-state index < -0.39 is 11.9 Å². The van der Waals surface area contributed by atoms with Gasteiger partial charge in [-0.3, -0.25) is 4.79 Å². The second-order valence-electron chi connectivity index (χ2n) is 5.67. The van der Waals surface area contributed by atoms with Crippen LogP contribution in [0.25, 0.3) is 0 Å². The lowest BCUT2D eigenvalue weighted by Gasteiger charge is -2.34. The minimum Gasteiger partial charge on any atom is -0.481 e. The number of urea groups is 1. The highest BCUT2D eigenvalue weighted by Gasteiger charge is 2.31. The Kier molecular flexibility index (Phi) is 5.71. The third kappa shape index (κ3) is 4.40. The van der Waals surface area contributed by atoms with E-state index in [1.165, 1.54) is 0 Å². The van der Waals surface area contributed by atoms with E-state index in [0.717, 1.165) is 16.3 Å². The minimum absolute atomic E-state index is 0.197. The van der Waals surface area contributed by atoms with Crippen LogP contribution in [-0.2, 0) is 4.79 Å². The summed E-state index contributed by atoms with van der Waals surface area (Å²) in [6, 6.07) is 7.48. The molecule has 5 nitrogen and oxygen atoms in total. The molecule has 1 heterocycles. The number of likely N-dealkylation sites (tertiary alicyclic amines) is 1. The van der Waals surface area contributed by atoms with Crippen molar-refractivity contribution in [2.24, 2.45) is 11.8 Å². The molecule has 2 amide bonds. The number of thioether (sulfide) groups is 1. The number of amides is 2. The van der Waals surface area contributed by atoms with Crippen molar-refractivity contribution in [3.63, 3.8) is 0 Å². The SMILES string of the molecule is CCSc1cccc(NC(=O)N2CC(C)CC(C(=O)O)C2)c1. The first kappa shape index (κ1) is 16.7. The summed E-state index contributed by atoms with van der Waals surface area (Å²) >= 11 is 1.71. The number of nitrogens with zero attached hydrogens (tertiary/aromatic N) is 1. The van der Waals surface area contributed by atoms with E-state index in [4.69, 9.17) is 0 Å². The number of piperidine rings is 1. The maximum absolute atomic E-state index is 12.4. The van der Waals surface area contributed by atoms with Crippen LogP contribution in [0.2, 0.25) is 0 Å². The second kappa shape index (κ2) is 7.54. The monoisotopic (exact) mass is 322 g/mol. The first-order valence-electron chi connectivity index (χ1n) is 7.51. The van der Waals surface area contributed by atoms with E-state index in [2.05, 4.69) is 12.2 Å². The standard InChI is InChI=1S/C16H22N2O3S/c1-3-22-14-6-4-5-13(8-14)17-16(21)18-9-11(2)7-12(10-18)15(19)20/h4-6,8,11-12H,3,7,9-10H2,1-2H3,(H,17,21)(H,19,20). The lowest BCUT2D eigenvalue weighted by atomic mass is 9.91. The van der Waals surface area contributed by atoms with Crippen molar-refractivity contribution < 1.29 is 14.7 Å². The summed E-state index contributed by atoms with van der Waals surface area (Å²) in [6.45, 7) is 4.93. The molecule has 1 aliphatic rings. The summed E-state index contributed by atoms with van der Waals surface area (Å²) in [5.74, 6) is -0.133. The number of carbonyl (C=O) groups excluding carboxylic acids is 1. The van der Waals surface area contributed by atoms with Gasteiger partial charge in [0.15, 0.2) is 0 Å². The zero-order chi connectivity index (χ0) is 16.1. The number of carboxylic acid groups (broad SMARTS) is 1. The Morgan fingerprint density at radius 3 is 2.86 bits per heavy atom. The molecule has 2 atom stereocenters. The number of carbonyl (C=O) groups is 2. The van der Waals surface area contributed by atoms with Gasteiger partial charge in [0, 0.05) is 23.7 Å². The van der Waals surface area contributed by atoms with Gasteiger partial charge in [0.05, 0.1) is 5.92 Å². The number of benzene rings is 1. The number of hydrogen-bond acceptors (Lipinski definition) is 3. The first-order valence-corrected chi connectivity index (χ1v) is 8.49. The van der Waals surface area contributed by atoms with E-state index in [1.54, 1.807) is 16.7 Å². The van der Waals surface area contributed by atoms with Crippen LogP contribution in [-0.4, -0.2) is 40.8 Å². The van der Waals surface area contributed by atoms with Crippen molar-refractivity contribution in [2.45, 2.75) is 25.2 Å². The van der Waals surface area contributed by atoms with Gasteiger partial charge in [-0.05, 0) is 36.3 Å². The van der Waals surface area contributed by atoms with Crippen molar-refractivity contribution in [2.75, 3.05) is 24.2 Å². The number of nitrogens with one attached hydrogen (secondary N) is 1. The number of rotatable bonds is 4. The third-order valence-corrected chi connectivity index (χ3v) is 4.57. The quantitative estimate of drug-likeness (QED) is 0.834. The van der Waals surface area contributed by atoms with Crippen LogP contribution in [0.1, 0.15) is 20.3 Å². The zero-order valence-corrected chi connectivity index (χ0v) is 13.7. The number of aliphatic carboxylic acids is 1. The van der Waals surface area contributed by atoms with Crippen LogP contribution >= 0.6 is 11.8 Å². The minimum atomic E-state index is -0.828. The molecule has 0 spiro atoms. The Morgan fingerprint density at radius 2 is 2.18 bits per heavy atom. The van der Waals surface area contributed by atoms with Gasteiger partial charge in [0.2, 0.25) is 0 Å². The average molecular weight is 322 g/mol. The average Bonchev–Trinajstić information content (AvgIpc) is 2.47. The molecule has 22 heavy (non-hydrogen) atoms. The van der Waals surface area contributed by atoms with Gasteiger partial charge in [-0.1, -0.05) is 19.9 Å². The lowest BCUT2D eigenvalue weighted by Crippen LogP contribution is -2.47. The van der Waals surface area contributed by atoms with Crippen molar-refractivity contribution in [1.29, 1.82) is 0 Å². The second-order valence-corrected chi connectivity index (χ2v) is 7.01. The number of anilines is 1. The van der Waals surface area contributed by atoms with Gasteiger partial charge in [-0.15, -0.1) is 11.8 Å². The molecule has 0 aliphatic carbocycles. The van der Waals surface area contributed by atoms with Crippen LogP contribution in [0.5, 0.6) is 0 Å². The summed E-state index contributed by atoms with van der Waals surface area (Å²) in [7, 11) is 0. The highest BCUT2D eigenvalue weighted by molar-refractivity contribution is 7.99. The van der Waals surface area contributed by atoms with Crippen molar-refractivity contribution in [1.82, 2.24) is 4.90 Å². The fraction of sp³-hybridized carbons (Fsp3) is 0.500. The van der Waals surface area contributed by atoms with Gasteiger partial charge in [-0.2, -0.15) is 0 Å². The topological polar surface area (TPSA) is 69.6 Å². The predicted octanol–water partition coefficient (Wildman–Crippen LogP) is 3.37. The highest BCUT2D eigenvalue weighted by atomic mass is 32.2. The number of hydrogen-bond donors (Lipinski definition) is 2. The van der Waals surface area contributed by atoms with E-state index >= 15 is 0 Å². The molecule has 120 valence electrons. The molecule has 0 saturated carbocycles. The summed E-state index contributed by atoms with van der Waals surface area (Å²) in [6.07, 6.45) is 0.627. The Bertz CT molecular complexity index is 550. The zero-order valence-electron chi connectivity index (χ0n) is 12.9. The summed E-state index contributed by atoms with van der Waals surface area (Å²) in [5, 5.41) is 12.1. The van der Waals surface area contributed by atoms with E-state index in [0.29, 0.717) is 13.0 Å². The molecule has 2 unspecified atom stereocenters. The summed E-state index contributed by atoms with van der Waals surface area (Å²) in [5.41, 5.74) is 0.744. The van der Waals surface area contributed by atoms with Crippen LogP contribution in [0.15, 0.2) is 29.2 Å². The van der Waals surface area contributed by atoms with E-state index in [9.17, 15) is 14.7 Å². The van der Waals surface area contributed by atoms with Crippen LogP contribution in [0, 0.1) is 11.8 Å². The van der Waals surface area contributed by atoms with Crippen LogP contribution in [0.4, 0.5) is 10.5 Å². The van der Waals surface area contributed by atoms with Crippen LogP contribution < -0.4 is 5.32 Å². The fourth-order valence-corrected chi connectivity index (χ4v) is 3.45. The Morgan fingerprint density at radius 1 is 1.41 bits per heavy atom. The molecular formula is C16H22N2O3S. The van der Waals surface area contributed by atoms with Gasteiger partial charge < -0.3 is 15.3 Å². The molecule has 0 aromatic heterocycles.